The molecule has 0 aliphatic carbocycles. The molecule has 0 N–H and O–H groups in total. The van der Waals surface area contributed by atoms with E-state index in [1.807, 2.05) is 0 Å². The normalized spacial score (nSPS) is 17.7. The lowest BCUT2D eigenvalue weighted by Gasteiger charge is -2.35. The van der Waals surface area contributed by atoms with Gasteiger partial charge in [0.25, 0.3) is 0 Å². The maximum atomic E-state index is 2.48. The number of hydrogen-bond donors (Lipinski definition) is 0. The van der Waals surface area contributed by atoms with E-state index in [4.69, 9.17) is 0 Å². The summed E-state index contributed by atoms with van der Waals surface area (Å²) in [4.78, 5) is 0. The van der Waals surface area contributed by atoms with Crippen LogP contribution in [0, 0.1) is 35.5 Å². The summed E-state index contributed by atoms with van der Waals surface area (Å²) >= 11 is 0.628. The fourth-order valence-electron chi connectivity index (χ4n) is 6.67. The lowest BCUT2D eigenvalue weighted by molar-refractivity contribution is 0.199. The fourth-order valence-corrected chi connectivity index (χ4v) is 9.09. The Balaban J connectivity index is 4.87. The van der Waals surface area contributed by atoms with Crippen LogP contribution in [0.2, 0.25) is 10.6 Å². The van der Waals surface area contributed by atoms with Gasteiger partial charge in [-0.15, -0.1) is 10.6 Å². The van der Waals surface area contributed by atoms with Crippen LogP contribution in [-0.2, 0) is 0 Å². The maximum Gasteiger partial charge on any atom is 0.200 e. The maximum absolute atomic E-state index is 2.48. The van der Waals surface area contributed by atoms with Crippen LogP contribution < -0.4 is 0 Å². The molecule has 0 aromatic carbocycles. The second-order valence-electron chi connectivity index (χ2n) is 10.6. The molecule has 0 fully saturated rings. The standard InChI is InChI=1S/2C15H31.Al/c2*1-6-10-11-12-14(8-3)15(9-4)13(5)7-2;/h2*13-15H,5-12H2,1-4H3;. The second-order valence-corrected chi connectivity index (χ2v) is 12.1. The summed E-state index contributed by atoms with van der Waals surface area (Å²) in [5.74, 6) is 5.92. The van der Waals surface area contributed by atoms with Crippen molar-refractivity contribution in [3.8, 4) is 0 Å². The van der Waals surface area contributed by atoms with E-state index in [1.54, 1.807) is 10.6 Å². The van der Waals surface area contributed by atoms with Crippen LogP contribution >= 0.6 is 0 Å². The lowest BCUT2D eigenvalue weighted by atomic mass is 9.75. The van der Waals surface area contributed by atoms with Crippen LogP contribution in [0.3, 0.4) is 0 Å². The summed E-state index contributed by atoms with van der Waals surface area (Å²) in [5, 5.41) is 3.14. The van der Waals surface area contributed by atoms with Crippen molar-refractivity contribution in [1.29, 1.82) is 0 Å². The Morgan fingerprint density at radius 3 is 1.03 bits per heavy atom. The molecule has 0 nitrogen and oxygen atoms in total. The predicted octanol–water partition coefficient (Wildman–Crippen LogP) is 10.8. The highest BCUT2D eigenvalue weighted by atomic mass is 27.1. The van der Waals surface area contributed by atoms with Crippen LogP contribution in [-0.4, -0.2) is 15.2 Å². The third-order valence-electron chi connectivity index (χ3n) is 8.76. The first-order valence-corrected chi connectivity index (χ1v) is 16.5. The van der Waals surface area contributed by atoms with E-state index in [1.165, 1.54) is 89.9 Å². The van der Waals surface area contributed by atoms with Crippen LogP contribution in [0.1, 0.15) is 145 Å². The topological polar surface area (TPSA) is 0 Å². The van der Waals surface area contributed by atoms with Gasteiger partial charge in [0.1, 0.15) is 0 Å². The van der Waals surface area contributed by atoms with E-state index < -0.39 is 0 Å². The monoisotopic (exact) mass is 449 g/mol. The molecule has 0 aliphatic rings. The molecular weight excluding hydrogens is 387 g/mol. The smallest absolute Gasteiger partial charge is 0.101 e. The molecular formula is C30H62Al. The Hall–Kier alpha value is 0.532. The summed E-state index contributed by atoms with van der Waals surface area (Å²) in [6.45, 7) is 19.5. The van der Waals surface area contributed by atoms with Crippen molar-refractivity contribution in [3.63, 3.8) is 0 Å². The predicted molar refractivity (Wildman–Crippen MR) is 146 cm³/mol. The van der Waals surface area contributed by atoms with Gasteiger partial charge in [-0.2, -0.15) is 0 Å². The highest BCUT2D eigenvalue weighted by Gasteiger charge is 2.28. The van der Waals surface area contributed by atoms with Crippen molar-refractivity contribution < 1.29 is 0 Å². The van der Waals surface area contributed by atoms with E-state index in [2.05, 4.69) is 55.4 Å². The third kappa shape index (κ3) is 12.5. The molecule has 0 rings (SSSR count). The molecule has 0 heterocycles. The van der Waals surface area contributed by atoms with Gasteiger partial charge in [-0.3, -0.25) is 0 Å². The summed E-state index contributed by atoms with van der Waals surface area (Å²) in [5.41, 5.74) is 0. The second kappa shape index (κ2) is 21.1. The molecule has 1 heteroatoms. The summed E-state index contributed by atoms with van der Waals surface area (Å²) in [7, 11) is 0. The molecule has 31 heavy (non-hydrogen) atoms. The minimum absolute atomic E-state index is 0.628. The molecule has 0 spiro atoms. The van der Waals surface area contributed by atoms with Gasteiger partial charge in [-0.25, -0.2) is 0 Å². The minimum atomic E-state index is 0.628. The van der Waals surface area contributed by atoms with E-state index in [9.17, 15) is 0 Å². The Kier molecular flexibility index (Phi) is 21.5. The third-order valence-corrected chi connectivity index (χ3v) is 10.6. The average Bonchev–Trinajstić information content (AvgIpc) is 2.80. The summed E-state index contributed by atoms with van der Waals surface area (Å²) in [6.07, 6.45) is 19.9. The van der Waals surface area contributed by atoms with Crippen molar-refractivity contribution in [2.24, 2.45) is 35.5 Å². The molecule has 0 aromatic rings. The van der Waals surface area contributed by atoms with Gasteiger partial charge < -0.3 is 0 Å². The zero-order chi connectivity index (χ0) is 23.5. The van der Waals surface area contributed by atoms with Gasteiger partial charge in [-0.1, -0.05) is 157 Å². The summed E-state index contributed by atoms with van der Waals surface area (Å²) < 4.78 is 0. The molecule has 6 unspecified atom stereocenters. The van der Waals surface area contributed by atoms with E-state index in [0.29, 0.717) is 15.2 Å². The van der Waals surface area contributed by atoms with Crippen molar-refractivity contribution >= 4 is 15.2 Å². The average molecular weight is 450 g/mol. The quantitative estimate of drug-likeness (QED) is 0.114. The largest absolute Gasteiger partial charge is 0.200 e. The molecule has 0 saturated carbocycles. The molecule has 1 radical (unpaired) electrons. The van der Waals surface area contributed by atoms with Gasteiger partial charge in [0.05, 0.1) is 0 Å². The molecule has 0 saturated heterocycles. The number of unbranched alkanes of at least 4 members (excludes halogenated alkanes) is 4. The van der Waals surface area contributed by atoms with Gasteiger partial charge >= 0.3 is 0 Å². The Morgan fingerprint density at radius 2 is 0.774 bits per heavy atom. The van der Waals surface area contributed by atoms with Crippen LogP contribution in [0.15, 0.2) is 0 Å². The van der Waals surface area contributed by atoms with Crippen LogP contribution in [0.25, 0.3) is 0 Å². The highest BCUT2D eigenvalue weighted by Crippen LogP contribution is 2.38. The molecule has 6 atom stereocenters. The zero-order valence-electron chi connectivity index (χ0n) is 23.4. The van der Waals surface area contributed by atoms with Crippen LogP contribution in [0.5, 0.6) is 0 Å². The molecule has 0 bridgehead atoms. The van der Waals surface area contributed by atoms with Crippen molar-refractivity contribution in [1.82, 2.24) is 0 Å². The Bertz CT molecular complexity index is 331. The van der Waals surface area contributed by atoms with Crippen molar-refractivity contribution in [3.05, 3.63) is 0 Å². The van der Waals surface area contributed by atoms with Gasteiger partial charge in [0.2, 0.25) is 15.2 Å². The fraction of sp³-hybridized carbons (Fsp3) is 1.00. The van der Waals surface area contributed by atoms with Gasteiger partial charge in [0, 0.05) is 0 Å². The molecule has 0 aliphatic heterocycles. The summed E-state index contributed by atoms with van der Waals surface area (Å²) in [6, 6.07) is 0. The lowest BCUT2D eigenvalue weighted by Crippen LogP contribution is -2.26. The first kappa shape index (κ1) is 31.5. The minimum Gasteiger partial charge on any atom is -0.101 e. The zero-order valence-corrected chi connectivity index (χ0v) is 24.5. The Morgan fingerprint density at radius 1 is 0.419 bits per heavy atom. The molecule has 0 aromatic heterocycles. The SMILES string of the molecule is CCCCCC(CC)C(CC)C(CC)[CH2][Al][CH2]C(CC)C(CC)C(CC)CCCCC. The van der Waals surface area contributed by atoms with Gasteiger partial charge in [0.15, 0.2) is 0 Å². The first-order valence-electron chi connectivity index (χ1n) is 14.9. The van der Waals surface area contributed by atoms with E-state index in [-0.39, 0.29) is 0 Å². The van der Waals surface area contributed by atoms with Crippen LogP contribution in [0.4, 0.5) is 0 Å². The number of rotatable bonds is 22. The highest BCUT2D eigenvalue weighted by molar-refractivity contribution is 6.35. The van der Waals surface area contributed by atoms with Gasteiger partial charge in [-0.05, 0) is 23.7 Å². The van der Waals surface area contributed by atoms with E-state index >= 15 is 0 Å². The first-order chi connectivity index (χ1) is 15.1. The molecule has 185 valence electrons. The number of hydrogen-bond acceptors (Lipinski definition) is 0. The van der Waals surface area contributed by atoms with Crippen molar-refractivity contribution in [2.75, 3.05) is 0 Å². The Labute approximate surface area is 206 Å². The molecule has 0 amide bonds. The van der Waals surface area contributed by atoms with E-state index in [0.717, 1.165) is 35.5 Å². The van der Waals surface area contributed by atoms with Crippen molar-refractivity contribution in [2.45, 2.75) is 156 Å².